The summed E-state index contributed by atoms with van der Waals surface area (Å²) >= 11 is 1.38. The first-order valence-electron chi connectivity index (χ1n) is 8.81. The van der Waals surface area contributed by atoms with E-state index in [0.29, 0.717) is 11.4 Å². The zero-order valence-electron chi connectivity index (χ0n) is 15.8. The van der Waals surface area contributed by atoms with Crippen LogP contribution in [0.1, 0.15) is 31.6 Å². The Hall–Kier alpha value is -2.87. The summed E-state index contributed by atoms with van der Waals surface area (Å²) in [5, 5.41) is 13.7. The largest absolute Gasteiger partial charge is 0.322 e. The summed E-state index contributed by atoms with van der Waals surface area (Å²) in [5.41, 5.74) is 1.07. The van der Waals surface area contributed by atoms with Crippen LogP contribution in [0.2, 0.25) is 0 Å². The van der Waals surface area contributed by atoms with Crippen molar-refractivity contribution in [2.75, 3.05) is 16.0 Å². The van der Waals surface area contributed by atoms with Crippen LogP contribution in [0.3, 0.4) is 0 Å². The van der Waals surface area contributed by atoms with Gasteiger partial charge in [0.2, 0.25) is 11.8 Å². The van der Waals surface area contributed by atoms with E-state index in [0.717, 1.165) is 5.56 Å². The molecule has 0 fully saturated rings. The number of thioether (sulfide) groups is 1. The van der Waals surface area contributed by atoms with Crippen LogP contribution in [0.5, 0.6) is 0 Å². The Labute approximate surface area is 167 Å². The Balaban J connectivity index is 1.78. The van der Waals surface area contributed by atoms with Crippen molar-refractivity contribution in [1.82, 2.24) is 0 Å². The van der Waals surface area contributed by atoms with E-state index in [2.05, 4.69) is 5.32 Å². The maximum absolute atomic E-state index is 13.0. The van der Waals surface area contributed by atoms with E-state index >= 15 is 0 Å². The number of carbonyl (C=O) groups excluding carboxylic acids is 2. The molecule has 0 radical (unpaired) electrons. The third kappa shape index (κ3) is 3.73. The number of benzene rings is 2. The standard InChI is InChI=1S/C20H21N3O4S/c1-13(14-7-6-8-15(11-14)23(26)27)28-12-18(24)22-17-10-5-4-9-16(17)21-19(25)20(22,2)3/h4-11,13H,12H2,1-3H3,(H,21,25)/t13-/m1/s1. The monoisotopic (exact) mass is 399 g/mol. The quantitative estimate of drug-likeness (QED) is 0.602. The van der Waals surface area contributed by atoms with Crippen molar-refractivity contribution in [3.8, 4) is 0 Å². The van der Waals surface area contributed by atoms with E-state index in [1.54, 1.807) is 32.0 Å². The predicted molar refractivity (Wildman–Crippen MR) is 111 cm³/mol. The van der Waals surface area contributed by atoms with Crippen LogP contribution in [0, 0.1) is 10.1 Å². The zero-order valence-corrected chi connectivity index (χ0v) is 16.7. The molecule has 0 unspecified atom stereocenters. The predicted octanol–water partition coefficient (Wildman–Crippen LogP) is 4.15. The molecule has 0 bridgehead atoms. The summed E-state index contributed by atoms with van der Waals surface area (Å²) in [6.07, 6.45) is 0. The number of para-hydroxylation sites is 2. The van der Waals surface area contributed by atoms with Crippen LogP contribution >= 0.6 is 11.8 Å². The fourth-order valence-electron chi connectivity index (χ4n) is 3.15. The Morgan fingerprint density at radius 2 is 1.96 bits per heavy atom. The van der Waals surface area contributed by atoms with Gasteiger partial charge in [-0.1, -0.05) is 24.3 Å². The van der Waals surface area contributed by atoms with Crippen molar-refractivity contribution < 1.29 is 14.5 Å². The lowest BCUT2D eigenvalue weighted by Crippen LogP contribution is -2.59. The number of nitro benzene ring substituents is 1. The van der Waals surface area contributed by atoms with Crippen LogP contribution < -0.4 is 10.2 Å². The van der Waals surface area contributed by atoms with Gasteiger partial charge in [-0.15, -0.1) is 11.8 Å². The van der Waals surface area contributed by atoms with Gasteiger partial charge in [-0.2, -0.15) is 0 Å². The molecule has 7 nitrogen and oxygen atoms in total. The average Bonchev–Trinajstić information content (AvgIpc) is 2.66. The second kappa shape index (κ2) is 7.63. The maximum atomic E-state index is 13.0. The molecule has 0 aliphatic carbocycles. The van der Waals surface area contributed by atoms with Crippen molar-refractivity contribution in [2.24, 2.45) is 0 Å². The lowest BCUT2D eigenvalue weighted by atomic mass is 9.96. The SMILES string of the molecule is C[C@@H](SCC(=O)N1c2ccccc2NC(=O)C1(C)C)c1cccc([N+](=O)[O-])c1. The van der Waals surface area contributed by atoms with Crippen LogP contribution in [0.25, 0.3) is 0 Å². The molecular formula is C20H21N3O4S. The summed E-state index contributed by atoms with van der Waals surface area (Å²) in [7, 11) is 0. The molecule has 146 valence electrons. The van der Waals surface area contributed by atoms with Crippen LogP contribution in [0.4, 0.5) is 17.1 Å². The summed E-state index contributed by atoms with van der Waals surface area (Å²) in [6.45, 7) is 5.33. The topological polar surface area (TPSA) is 92.6 Å². The van der Waals surface area contributed by atoms with Gasteiger partial charge in [0.25, 0.3) is 5.69 Å². The summed E-state index contributed by atoms with van der Waals surface area (Å²) in [4.78, 5) is 37.6. The number of non-ortho nitro benzene ring substituents is 1. The first kappa shape index (κ1) is 19.9. The Bertz CT molecular complexity index is 945. The second-order valence-electron chi connectivity index (χ2n) is 7.06. The molecular weight excluding hydrogens is 378 g/mol. The van der Waals surface area contributed by atoms with Gasteiger partial charge in [0, 0.05) is 17.4 Å². The number of hydrogen-bond acceptors (Lipinski definition) is 5. The van der Waals surface area contributed by atoms with Gasteiger partial charge in [-0.3, -0.25) is 24.6 Å². The first-order valence-corrected chi connectivity index (χ1v) is 9.86. The molecule has 8 heteroatoms. The smallest absolute Gasteiger partial charge is 0.269 e. The molecule has 2 amide bonds. The number of rotatable bonds is 5. The van der Waals surface area contributed by atoms with Crippen molar-refractivity contribution in [1.29, 1.82) is 0 Å². The number of carbonyl (C=O) groups is 2. The number of fused-ring (bicyclic) bond motifs is 1. The van der Waals surface area contributed by atoms with Crippen molar-refractivity contribution in [3.63, 3.8) is 0 Å². The highest BCUT2D eigenvalue weighted by atomic mass is 32.2. The third-order valence-corrected chi connectivity index (χ3v) is 5.95. The highest BCUT2D eigenvalue weighted by molar-refractivity contribution is 8.00. The van der Waals surface area contributed by atoms with E-state index in [1.807, 2.05) is 25.1 Å². The number of amides is 2. The van der Waals surface area contributed by atoms with Gasteiger partial charge in [-0.25, -0.2) is 0 Å². The zero-order chi connectivity index (χ0) is 20.5. The molecule has 0 saturated heterocycles. The summed E-state index contributed by atoms with van der Waals surface area (Å²) in [5.74, 6) is -0.277. The van der Waals surface area contributed by atoms with E-state index in [9.17, 15) is 19.7 Å². The number of nitrogens with one attached hydrogen (secondary N) is 1. The third-order valence-electron chi connectivity index (χ3n) is 4.76. The summed E-state index contributed by atoms with van der Waals surface area (Å²) < 4.78 is 0. The number of anilines is 2. The average molecular weight is 399 g/mol. The van der Waals surface area contributed by atoms with E-state index in [1.165, 1.54) is 28.8 Å². The molecule has 2 aromatic rings. The minimum absolute atomic E-state index is 0.0269. The molecule has 1 heterocycles. The normalized spacial score (nSPS) is 16.1. The van der Waals surface area contributed by atoms with Crippen molar-refractivity contribution in [2.45, 2.75) is 31.6 Å². The number of nitro groups is 1. The Morgan fingerprint density at radius 1 is 1.25 bits per heavy atom. The van der Waals surface area contributed by atoms with E-state index < -0.39 is 10.5 Å². The number of hydrogen-bond donors (Lipinski definition) is 1. The van der Waals surface area contributed by atoms with Gasteiger partial charge in [-0.05, 0) is 38.5 Å². The first-order chi connectivity index (χ1) is 13.2. The van der Waals surface area contributed by atoms with Crippen molar-refractivity contribution in [3.05, 3.63) is 64.2 Å². The highest BCUT2D eigenvalue weighted by Crippen LogP contribution is 2.38. The van der Waals surface area contributed by atoms with E-state index in [-0.39, 0.29) is 28.5 Å². The van der Waals surface area contributed by atoms with Gasteiger partial charge in [0.15, 0.2) is 0 Å². The lowest BCUT2D eigenvalue weighted by Gasteiger charge is -2.42. The molecule has 1 N–H and O–H groups in total. The summed E-state index contributed by atoms with van der Waals surface area (Å²) in [6, 6.07) is 13.6. The molecule has 2 aromatic carbocycles. The minimum atomic E-state index is -1.01. The fourth-order valence-corrected chi connectivity index (χ4v) is 4.01. The second-order valence-corrected chi connectivity index (χ2v) is 8.39. The Kier molecular flexibility index (Phi) is 5.42. The van der Waals surface area contributed by atoms with Gasteiger partial charge in [0.1, 0.15) is 5.54 Å². The minimum Gasteiger partial charge on any atom is -0.322 e. The molecule has 1 atom stereocenters. The highest BCUT2D eigenvalue weighted by Gasteiger charge is 2.43. The van der Waals surface area contributed by atoms with Gasteiger partial charge in [0.05, 0.1) is 22.1 Å². The maximum Gasteiger partial charge on any atom is 0.269 e. The van der Waals surface area contributed by atoms with Gasteiger partial charge < -0.3 is 5.32 Å². The number of nitrogens with zero attached hydrogens (tertiary/aromatic N) is 2. The molecule has 0 aromatic heterocycles. The van der Waals surface area contributed by atoms with E-state index in [4.69, 9.17) is 0 Å². The van der Waals surface area contributed by atoms with Crippen molar-refractivity contribution >= 4 is 40.6 Å². The molecule has 0 saturated carbocycles. The van der Waals surface area contributed by atoms with Crippen LogP contribution in [-0.4, -0.2) is 28.0 Å². The molecule has 1 aliphatic heterocycles. The Morgan fingerprint density at radius 3 is 2.68 bits per heavy atom. The van der Waals surface area contributed by atoms with Crippen LogP contribution in [0.15, 0.2) is 48.5 Å². The fraction of sp³-hybridized carbons (Fsp3) is 0.300. The molecule has 28 heavy (non-hydrogen) atoms. The molecule has 3 rings (SSSR count). The molecule has 1 aliphatic rings. The van der Waals surface area contributed by atoms with Gasteiger partial charge >= 0.3 is 0 Å². The molecule has 0 spiro atoms. The lowest BCUT2D eigenvalue weighted by molar-refractivity contribution is -0.384. The van der Waals surface area contributed by atoms with Crippen LogP contribution in [-0.2, 0) is 9.59 Å².